The summed E-state index contributed by atoms with van der Waals surface area (Å²) < 4.78 is 0. The molecule has 5 nitrogen and oxygen atoms in total. The number of amides is 1. The molecule has 0 aromatic heterocycles. The van der Waals surface area contributed by atoms with Crippen molar-refractivity contribution in [3.63, 3.8) is 0 Å². The van der Waals surface area contributed by atoms with Gasteiger partial charge in [0.15, 0.2) is 5.78 Å². The molecule has 120 valence electrons. The van der Waals surface area contributed by atoms with Crippen LogP contribution in [0.1, 0.15) is 34.1 Å². The van der Waals surface area contributed by atoms with Crippen LogP contribution in [0.5, 0.6) is 0 Å². The molecule has 4 atom stereocenters. The van der Waals surface area contributed by atoms with Crippen LogP contribution in [0.15, 0.2) is 0 Å². The van der Waals surface area contributed by atoms with Gasteiger partial charge in [-0.15, -0.1) is 0 Å². The zero-order valence-corrected chi connectivity index (χ0v) is 13.7. The molecule has 2 N–H and O–H groups in total. The van der Waals surface area contributed by atoms with Crippen molar-refractivity contribution < 1.29 is 9.59 Å². The Hall–Kier alpha value is -0.940. The molecule has 5 heteroatoms. The lowest BCUT2D eigenvalue weighted by atomic mass is 9.93. The van der Waals surface area contributed by atoms with Crippen molar-refractivity contribution in [3.8, 4) is 0 Å². The van der Waals surface area contributed by atoms with Crippen molar-refractivity contribution >= 4 is 11.7 Å². The number of likely N-dealkylation sites (tertiary alicyclic amines) is 1. The standard InChI is InChI=1S/C16H29N3O2/c1-5-14-13-7-17-6-12(13)8-19(14)9-15(21)18-16(10(2)3)11(4)20/h10,12-14,16-17H,5-9H2,1-4H3,(H,18,21). The number of rotatable bonds is 6. The van der Waals surface area contributed by atoms with Gasteiger partial charge in [-0.1, -0.05) is 20.8 Å². The number of nitrogens with zero attached hydrogens (tertiary/aromatic N) is 1. The van der Waals surface area contributed by atoms with E-state index in [0.717, 1.165) is 26.1 Å². The fraction of sp³-hybridized carbons (Fsp3) is 0.875. The third kappa shape index (κ3) is 3.64. The molecule has 0 spiro atoms. The maximum absolute atomic E-state index is 12.3. The van der Waals surface area contributed by atoms with E-state index in [1.54, 1.807) is 6.92 Å². The molecule has 4 unspecified atom stereocenters. The Labute approximate surface area is 127 Å². The average Bonchev–Trinajstić information content (AvgIpc) is 2.95. The molecule has 21 heavy (non-hydrogen) atoms. The first-order valence-electron chi connectivity index (χ1n) is 8.18. The molecule has 1 amide bonds. The van der Waals surface area contributed by atoms with E-state index >= 15 is 0 Å². The molecule has 0 aliphatic carbocycles. The summed E-state index contributed by atoms with van der Waals surface area (Å²) in [4.78, 5) is 26.2. The van der Waals surface area contributed by atoms with Gasteiger partial charge in [-0.25, -0.2) is 0 Å². The first-order valence-corrected chi connectivity index (χ1v) is 8.18. The van der Waals surface area contributed by atoms with Gasteiger partial charge >= 0.3 is 0 Å². The van der Waals surface area contributed by atoms with Gasteiger partial charge in [0.1, 0.15) is 0 Å². The molecule has 2 aliphatic heterocycles. The van der Waals surface area contributed by atoms with Gasteiger partial charge in [0.2, 0.25) is 5.91 Å². The highest BCUT2D eigenvalue weighted by atomic mass is 16.2. The quantitative estimate of drug-likeness (QED) is 0.755. The lowest BCUT2D eigenvalue weighted by molar-refractivity contribution is -0.128. The molecule has 2 rings (SSSR count). The van der Waals surface area contributed by atoms with Gasteiger partial charge in [0.25, 0.3) is 0 Å². The molecule has 2 saturated heterocycles. The lowest BCUT2D eigenvalue weighted by Gasteiger charge is -2.27. The summed E-state index contributed by atoms with van der Waals surface area (Å²) in [6.07, 6.45) is 1.08. The highest BCUT2D eigenvalue weighted by molar-refractivity contribution is 5.88. The van der Waals surface area contributed by atoms with Crippen molar-refractivity contribution in [2.45, 2.75) is 46.2 Å². The Morgan fingerprint density at radius 1 is 1.33 bits per heavy atom. The molecule has 0 radical (unpaired) electrons. The van der Waals surface area contributed by atoms with Crippen LogP contribution in [0.3, 0.4) is 0 Å². The van der Waals surface area contributed by atoms with E-state index in [1.165, 1.54) is 0 Å². The second-order valence-electron chi connectivity index (χ2n) is 6.89. The number of hydrogen-bond donors (Lipinski definition) is 2. The van der Waals surface area contributed by atoms with Crippen LogP contribution in [-0.4, -0.2) is 54.9 Å². The predicted octanol–water partition coefficient (Wildman–Crippen LogP) is 0.646. The van der Waals surface area contributed by atoms with Crippen LogP contribution >= 0.6 is 0 Å². The summed E-state index contributed by atoms with van der Waals surface area (Å²) in [5, 5.41) is 6.36. The zero-order valence-electron chi connectivity index (χ0n) is 13.7. The van der Waals surface area contributed by atoms with E-state index in [0.29, 0.717) is 24.4 Å². The SMILES string of the molecule is CCC1C2CNCC2CN1CC(=O)NC(C(C)=O)C(C)C. The fourth-order valence-electron chi connectivity index (χ4n) is 3.99. The predicted molar refractivity (Wildman–Crippen MR) is 83.0 cm³/mol. The monoisotopic (exact) mass is 295 g/mol. The number of Topliss-reactive ketones (excluding diaryl/α,β-unsaturated/α-hetero) is 1. The highest BCUT2D eigenvalue weighted by Gasteiger charge is 2.43. The van der Waals surface area contributed by atoms with E-state index < -0.39 is 0 Å². The topological polar surface area (TPSA) is 61.4 Å². The highest BCUT2D eigenvalue weighted by Crippen LogP contribution is 2.33. The molecule has 0 aromatic carbocycles. The van der Waals surface area contributed by atoms with Gasteiger partial charge in [-0.3, -0.25) is 14.5 Å². The van der Waals surface area contributed by atoms with Crippen LogP contribution in [0.4, 0.5) is 0 Å². The van der Waals surface area contributed by atoms with Gasteiger partial charge in [0, 0.05) is 12.6 Å². The smallest absolute Gasteiger partial charge is 0.234 e. The summed E-state index contributed by atoms with van der Waals surface area (Å²) >= 11 is 0. The van der Waals surface area contributed by atoms with Gasteiger partial charge in [0.05, 0.1) is 12.6 Å². The van der Waals surface area contributed by atoms with E-state index in [-0.39, 0.29) is 23.7 Å². The van der Waals surface area contributed by atoms with Crippen molar-refractivity contribution in [1.29, 1.82) is 0 Å². The summed E-state index contributed by atoms with van der Waals surface area (Å²) in [5.41, 5.74) is 0. The molecule has 0 bridgehead atoms. The minimum atomic E-state index is -0.360. The average molecular weight is 295 g/mol. The molecular formula is C16H29N3O2. The van der Waals surface area contributed by atoms with Gasteiger partial charge in [-0.2, -0.15) is 0 Å². The maximum Gasteiger partial charge on any atom is 0.234 e. The van der Waals surface area contributed by atoms with Crippen LogP contribution in [0.2, 0.25) is 0 Å². The Morgan fingerprint density at radius 3 is 2.62 bits per heavy atom. The molecule has 2 aliphatic rings. The van der Waals surface area contributed by atoms with Gasteiger partial charge < -0.3 is 10.6 Å². The minimum absolute atomic E-state index is 0.0183. The molecule has 2 fully saturated rings. The summed E-state index contributed by atoms with van der Waals surface area (Å²) in [5.74, 6) is 1.51. The number of ketones is 1. The van der Waals surface area contributed by atoms with Crippen LogP contribution in [0.25, 0.3) is 0 Å². The summed E-state index contributed by atoms with van der Waals surface area (Å²) in [7, 11) is 0. The molecule has 0 saturated carbocycles. The van der Waals surface area contributed by atoms with Crippen LogP contribution in [0, 0.1) is 17.8 Å². The van der Waals surface area contributed by atoms with Crippen molar-refractivity contribution in [2.24, 2.45) is 17.8 Å². The zero-order chi connectivity index (χ0) is 15.6. The fourth-order valence-corrected chi connectivity index (χ4v) is 3.99. The van der Waals surface area contributed by atoms with Crippen molar-refractivity contribution in [2.75, 3.05) is 26.2 Å². The van der Waals surface area contributed by atoms with Gasteiger partial charge in [-0.05, 0) is 44.2 Å². The minimum Gasteiger partial charge on any atom is -0.345 e. The van der Waals surface area contributed by atoms with Crippen molar-refractivity contribution in [1.82, 2.24) is 15.5 Å². The first kappa shape index (κ1) is 16.4. The Kier molecular flexibility index (Phi) is 5.38. The number of hydrogen-bond acceptors (Lipinski definition) is 4. The Bertz CT molecular complexity index is 397. The second kappa shape index (κ2) is 6.88. The Balaban J connectivity index is 1.92. The number of carbonyl (C=O) groups excluding carboxylic acids is 2. The first-order chi connectivity index (χ1) is 9.93. The summed E-state index contributed by atoms with van der Waals surface area (Å²) in [6.45, 7) is 11.2. The van der Waals surface area contributed by atoms with Crippen LogP contribution in [-0.2, 0) is 9.59 Å². The Morgan fingerprint density at radius 2 is 2.05 bits per heavy atom. The summed E-state index contributed by atoms with van der Waals surface area (Å²) in [6, 6.07) is 0.131. The number of fused-ring (bicyclic) bond motifs is 1. The number of nitrogens with one attached hydrogen (secondary N) is 2. The lowest BCUT2D eigenvalue weighted by Crippen LogP contribution is -2.48. The molecule has 0 aromatic rings. The second-order valence-corrected chi connectivity index (χ2v) is 6.89. The third-order valence-electron chi connectivity index (χ3n) is 5.01. The molecule has 2 heterocycles. The van der Waals surface area contributed by atoms with E-state index in [1.807, 2.05) is 13.8 Å². The largest absolute Gasteiger partial charge is 0.345 e. The normalized spacial score (nSPS) is 30.4. The van der Waals surface area contributed by atoms with E-state index in [9.17, 15) is 9.59 Å². The third-order valence-corrected chi connectivity index (χ3v) is 5.01. The van der Waals surface area contributed by atoms with E-state index in [2.05, 4.69) is 22.5 Å². The number of carbonyl (C=O) groups is 2. The maximum atomic E-state index is 12.3. The van der Waals surface area contributed by atoms with Crippen molar-refractivity contribution in [3.05, 3.63) is 0 Å². The van der Waals surface area contributed by atoms with Crippen LogP contribution < -0.4 is 10.6 Å². The molecular weight excluding hydrogens is 266 g/mol. The van der Waals surface area contributed by atoms with E-state index in [4.69, 9.17) is 0 Å².